The van der Waals surface area contributed by atoms with E-state index in [0.717, 1.165) is 11.0 Å². The summed E-state index contributed by atoms with van der Waals surface area (Å²) in [5.41, 5.74) is 1.44. The van der Waals surface area contributed by atoms with E-state index in [-0.39, 0.29) is 0 Å². The number of hydrogen-bond acceptors (Lipinski definition) is 1. The molecule has 0 atom stereocenters. The molecule has 1 aromatic carbocycles. The minimum atomic E-state index is 1.10. The fourth-order valence-corrected chi connectivity index (χ4v) is 2.31. The number of halogens is 1. The molecule has 2 rings (SSSR count). The van der Waals surface area contributed by atoms with Crippen LogP contribution in [0.15, 0.2) is 47.5 Å². The minimum Gasteiger partial charge on any atom is -0.337 e. The van der Waals surface area contributed by atoms with Crippen molar-refractivity contribution >= 4 is 15.9 Å². The van der Waals surface area contributed by atoms with Crippen LogP contribution in [0.1, 0.15) is 31.2 Å². The zero-order valence-corrected chi connectivity index (χ0v) is 12.1. The van der Waals surface area contributed by atoms with E-state index >= 15 is 0 Å². The number of unbranched alkanes of at least 4 members (excludes halogenated alkanes) is 3. The molecule has 1 aromatic heterocycles. The van der Waals surface area contributed by atoms with E-state index in [2.05, 4.69) is 49.7 Å². The topological polar surface area (TPSA) is 17.8 Å². The molecule has 18 heavy (non-hydrogen) atoms. The summed E-state index contributed by atoms with van der Waals surface area (Å²) in [6.45, 7) is 1.10. The van der Waals surface area contributed by atoms with Crippen molar-refractivity contribution in [1.82, 2.24) is 9.55 Å². The van der Waals surface area contributed by atoms with Crippen molar-refractivity contribution in [2.24, 2.45) is 0 Å². The molecule has 2 nitrogen and oxygen atoms in total. The quantitative estimate of drug-likeness (QED) is 0.691. The lowest BCUT2D eigenvalue weighted by molar-refractivity contribution is 0.571. The van der Waals surface area contributed by atoms with E-state index in [1.54, 1.807) is 0 Å². The van der Waals surface area contributed by atoms with Crippen LogP contribution in [0, 0.1) is 0 Å². The molecule has 96 valence electrons. The normalized spacial score (nSPS) is 10.7. The highest BCUT2D eigenvalue weighted by Gasteiger charge is 1.95. The second kappa shape index (κ2) is 7.37. The lowest BCUT2D eigenvalue weighted by Gasteiger charge is -2.03. The van der Waals surface area contributed by atoms with Gasteiger partial charge in [-0.05, 0) is 37.0 Å². The van der Waals surface area contributed by atoms with Crippen LogP contribution in [-0.2, 0) is 13.0 Å². The molecule has 0 unspecified atom stereocenters. The number of rotatable bonds is 7. The summed E-state index contributed by atoms with van der Waals surface area (Å²) in [6, 6.07) is 8.65. The van der Waals surface area contributed by atoms with E-state index < -0.39 is 0 Å². The monoisotopic (exact) mass is 306 g/mol. The number of aryl methyl sites for hydroxylation is 2. The van der Waals surface area contributed by atoms with Crippen molar-refractivity contribution in [3.05, 3.63) is 53.0 Å². The van der Waals surface area contributed by atoms with E-state index in [1.807, 2.05) is 18.7 Å². The second-order valence-corrected chi connectivity index (χ2v) is 5.51. The first-order chi connectivity index (χ1) is 8.84. The maximum Gasteiger partial charge on any atom is 0.0945 e. The molecule has 3 heteroatoms. The van der Waals surface area contributed by atoms with Crippen LogP contribution < -0.4 is 0 Å². The Morgan fingerprint density at radius 1 is 1.00 bits per heavy atom. The zero-order chi connectivity index (χ0) is 12.6. The third kappa shape index (κ3) is 4.65. The molecular weight excluding hydrogens is 288 g/mol. The van der Waals surface area contributed by atoms with Crippen LogP contribution in [0.25, 0.3) is 0 Å². The van der Waals surface area contributed by atoms with Crippen molar-refractivity contribution in [2.75, 3.05) is 0 Å². The van der Waals surface area contributed by atoms with Crippen LogP contribution in [0.4, 0.5) is 0 Å². The molecule has 0 spiro atoms. The smallest absolute Gasteiger partial charge is 0.0945 e. The first-order valence-corrected chi connectivity index (χ1v) is 7.34. The first-order valence-electron chi connectivity index (χ1n) is 6.55. The maximum atomic E-state index is 4.04. The highest BCUT2D eigenvalue weighted by molar-refractivity contribution is 9.10. The van der Waals surface area contributed by atoms with Gasteiger partial charge in [-0.2, -0.15) is 0 Å². The van der Waals surface area contributed by atoms with Crippen molar-refractivity contribution in [1.29, 1.82) is 0 Å². The molecule has 2 aromatic rings. The van der Waals surface area contributed by atoms with Gasteiger partial charge in [0.15, 0.2) is 0 Å². The average molecular weight is 307 g/mol. The summed E-state index contributed by atoms with van der Waals surface area (Å²) in [5, 5.41) is 0. The predicted octanol–water partition coefficient (Wildman–Crippen LogP) is 4.45. The van der Waals surface area contributed by atoms with Crippen LogP contribution in [-0.4, -0.2) is 9.55 Å². The van der Waals surface area contributed by atoms with Gasteiger partial charge in [0.05, 0.1) is 6.33 Å². The highest BCUT2D eigenvalue weighted by Crippen LogP contribution is 2.13. The molecule has 0 N–H and O–H groups in total. The maximum absolute atomic E-state index is 4.04. The van der Waals surface area contributed by atoms with Crippen LogP contribution in [0.5, 0.6) is 0 Å². The van der Waals surface area contributed by atoms with Gasteiger partial charge < -0.3 is 4.57 Å². The van der Waals surface area contributed by atoms with Gasteiger partial charge in [0.1, 0.15) is 0 Å². The number of aromatic nitrogens is 2. The molecule has 0 amide bonds. The lowest BCUT2D eigenvalue weighted by Crippen LogP contribution is -1.94. The minimum absolute atomic E-state index is 1.10. The van der Waals surface area contributed by atoms with Crippen LogP contribution in [0.2, 0.25) is 0 Å². The average Bonchev–Trinajstić information content (AvgIpc) is 2.89. The van der Waals surface area contributed by atoms with Gasteiger partial charge in [-0.1, -0.05) is 40.9 Å². The SMILES string of the molecule is Brc1ccc(CCCCCCn2ccnc2)cc1. The Labute approximate surface area is 117 Å². The summed E-state index contributed by atoms with van der Waals surface area (Å²) in [5.74, 6) is 0. The third-order valence-corrected chi connectivity index (χ3v) is 3.63. The molecule has 0 bridgehead atoms. The highest BCUT2D eigenvalue weighted by atomic mass is 79.9. The van der Waals surface area contributed by atoms with Crippen LogP contribution >= 0.6 is 15.9 Å². The Morgan fingerprint density at radius 3 is 2.50 bits per heavy atom. The largest absolute Gasteiger partial charge is 0.337 e. The zero-order valence-electron chi connectivity index (χ0n) is 10.6. The Bertz CT molecular complexity index is 434. The molecular formula is C15H19BrN2. The fraction of sp³-hybridized carbons (Fsp3) is 0.400. The van der Waals surface area contributed by atoms with Gasteiger partial charge in [-0.15, -0.1) is 0 Å². The van der Waals surface area contributed by atoms with Gasteiger partial charge in [0.2, 0.25) is 0 Å². The van der Waals surface area contributed by atoms with E-state index in [4.69, 9.17) is 0 Å². The fourth-order valence-electron chi connectivity index (χ4n) is 2.05. The molecule has 0 aliphatic heterocycles. The van der Waals surface area contributed by atoms with Gasteiger partial charge in [-0.25, -0.2) is 4.98 Å². The second-order valence-electron chi connectivity index (χ2n) is 4.59. The summed E-state index contributed by atoms with van der Waals surface area (Å²) in [4.78, 5) is 4.04. The molecule has 0 saturated carbocycles. The number of hydrogen-bond donors (Lipinski definition) is 0. The first kappa shape index (κ1) is 13.3. The van der Waals surface area contributed by atoms with E-state index in [9.17, 15) is 0 Å². The van der Waals surface area contributed by atoms with Crippen molar-refractivity contribution in [3.63, 3.8) is 0 Å². The standard InChI is InChI=1S/C15H19BrN2/c16-15-8-6-14(7-9-15)5-3-1-2-4-11-18-12-10-17-13-18/h6-10,12-13H,1-5,11H2. The third-order valence-electron chi connectivity index (χ3n) is 3.10. The van der Waals surface area contributed by atoms with Crippen molar-refractivity contribution < 1.29 is 0 Å². The summed E-state index contributed by atoms with van der Waals surface area (Å²) >= 11 is 3.46. The molecule has 0 saturated heterocycles. The Kier molecular flexibility index (Phi) is 5.46. The molecule has 1 heterocycles. The van der Waals surface area contributed by atoms with Crippen molar-refractivity contribution in [3.8, 4) is 0 Å². The van der Waals surface area contributed by atoms with E-state index in [0.29, 0.717) is 0 Å². The Morgan fingerprint density at radius 2 is 1.78 bits per heavy atom. The lowest BCUT2D eigenvalue weighted by atomic mass is 10.1. The van der Waals surface area contributed by atoms with Gasteiger partial charge in [0, 0.05) is 23.4 Å². The Hall–Kier alpha value is -1.09. The summed E-state index contributed by atoms with van der Waals surface area (Å²) in [7, 11) is 0. The molecule has 0 fully saturated rings. The molecule has 0 aliphatic carbocycles. The summed E-state index contributed by atoms with van der Waals surface area (Å²) in [6.07, 6.45) is 12.1. The molecule has 0 radical (unpaired) electrons. The van der Waals surface area contributed by atoms with Crippen LogP contribution in [0.3, 0.4) is 0 Å². The molecule has 0 aliphatic rings. The Balaban J connectivity index is 1.55. The van der Waals surface area contributed by atoms with Gasteiger partial charge in [-0.3, -0.25) is 0 Å². The number of nitrogens with zero attached hydrogens (tertiary/aromatic N) is 2. The van der Waals surface area contributed by atoms with Crippen molar-refractivity contribution in [2.45, 2.75) is 38.6 Å². The van der Waals surface area contributed by atoms with E-state index in [1.165, 1.54) is 37.7 Å². The predicted molar refractivity (Wildman–Crippen MR) is 78.5 cm³/mol. The summed E-state index contributed by atoms with van der Waals surface area (Å²) < 4.78 is 3.31. The number of imidazole rings is 1. The number of benzene rings is 1. The van der Waals surface area contributed by atoms with Gasteiger partial charge >= 0.3 is 0 Å². The van der Waals surface area contributed by atoms with Gasteiger partial charge in [0.25, 0.3) is 0 Å².